The number of hydrogen-bond acceptors (Lipinski definition) is 3. The average Bonchev–Trinajstić information content (AvgIpc) is 2.55. The normalized spacial score (nSPS) is 12.9. The number of nitrogens with two attached hydrogens (primary N) is 1. The van der Waals surface area contributed by atoms with Crippen LogP contribution >= 0.6 is 0 Å². The van der Waals surface area contributed by atoms with Gasteiger partial charge in [-0.3, -0.25) is 9.59 Å². The van der Waals surface area contributed by atoms with E-state index in [-0.39, 0.29) is 17.4 Å². The van der Waals surface area contributed by atoms with E-state index in [0.29, 0.717) is 11.4 Å². The molecule has 0 aliphatic heterocycles. The number of nitrogen functional groups attached to an aromatic ring is 1. The van der Waals surface area contributed by atoms with Crippen molar-refractivity contribution in [2.24, 2.45) is 7.05 Å². The zero-order valence-corrected chi connectivity index (χ0v) is 12.1. The number of aryl methyl sites for hydroxylation is 1. The van der Waals surface area contributed by atoms with Crippen LogP contribution in [0.15, 0.2) is 12.3 Å². The maximum Gasteiger partial charge on any atom is 0.268 e. The van der Waals surface area contributed by atoms with Gasteiger partial charge in [0.25, 0.3) is 5.91 Å². The predicted octanol–water partition coefficient (Wildman–Crippen LogP) is 0.640. The first-order valence-corrected chi connectivity index (χ1v) is 6.15. The van der Waals surface area contributed by atoms with Crippen LogP contribution in [0.3, 0.4) is 0 Å². The summed E-state index contributed by atoms with van der Waals surface area (Å²) in [6.45, 7) is 7.30. The van der Waals surface area contributed by atoms with Crippen molar-refractivity contribution in [3.63, 3.8) is 0 Å². The quantitative estimate of drug-likeness (QED) is 0.750. The number of hydrogen-bond donors (Lipinski definition) is 3. The Morgan fingerprint density at radius 2 is 1.95 bits per heavy atom. The second-order valence-corrected chi connectivity index (χ2v) is 5.70. The van der Waals surface area contributed by atoms with Gasteiger partial charge < -0.3 is 20.9 Å². The fraction of sp³-hybridized carbons (Fsp3) is 0.538. The van der Waals surface area contributed by atoms with E-state index in [1.807, 2.05) is 20.8 Å². The Balaban J connectivity index is 2.67. The van der Waals surface area contributed by atoms with Gasteiger partial charge in [-0.05, 0) is 33.8 Å². The number of nitrogens with zero attached hydrogens (tertiary/aromatic N) is 1. The van der Waals surface area contributed by atoms with Gasteiger partial charge in [0.1, 0.15) is 11.7 Å². The Morgan fingerprint density at radius 3 is 2.37 bits per heavy atom. The van der Waals surface area contributed by atoms with Crippen LogP contribution in [-0.2, 0) is 11.8 Å². The van der Waals surface area contributed by atoms with Gasteiger partial charge in [0.15, 0.2) is 0 Å². The van der Waals surface area contributed by atoms with E-state index in [0.717, 1.165) is 0 Å². The minimum Gasteiger partial charge on any atom is -0.397 e. The molecule has 0 aromatic carbocycles. The number of anilines is 1. The molecule has 0 fully saturated rings. The Bertz CT molecular complexity index is 485. The minimum atomic E-state index is -0.608. The van der Waals surface area contributed by atoms with Gasteiger partial charge >= 0.3 is 0 Å². The van der Waals surface area contributed by atoms with Crippen molar-refractivity contribution < 1.29 is 9.59 Å². The van der Waals surface area contributed by atoms with Gasteiger partial charge in [-0.1, -0.05) is 0 Å². The lowest BCUT2D eigenvalue weighted by atomic mass is 10.1. The summed E-state index contributed by atoms with van der Waals surface area (Å²) in [6, 6.07) is 0.965. The maximum absolute atomic E-state index is 12.0. The summed E-state index contributed by atoms with van der Waals surface area (Å²) >= 11 is 0. The molecule has 1 aromatic heterocycles. The third kappa shape index (κ3) is 4.31. The largest absolute Gasteiger partial charge is 0.397 e. The second-order valence-electron chi connectivity index (χ2n) is 5.70. The molecule has 1 atom stereocenters. The highest BCUT2D eigenvalue weighted by Crippen LogP contribution is 2.08. The summed E-state index contributed by atoms with van der Waals surface area (Å²) in [7, 11) is 1.73. The highest BCUT2D eigenvalue weighted by Gasteiger charge is 2.22. The molecule has 0 saturated heterocycles. The van der Waals surface area contributed by atoms with Gasteiger partial charge in [-0.2, -0.15) is 0 Å². The summed E-state index contributed by atoms with van der Waals surface area (Å²) in [5.41, 5.74) is 6.22. The average molecular weight is 266 g/mol. The zero-order valence-electron chi connectivity index (χ0n) is 12.1. The Hall–Kier alpha value is -1.98. The van der Waals surface area contributed by atoms with Gasteiger partial charge in [-0.25, -0.2) is 0 Å². The van der Waals surface area contributed by atoms with Gasteiger partial charge in [-0.15, -0.1) is 0 Å². The lowest BCUT2D eigenvalue weighted by molar-refractivity contribution is -0.124. The fourth-order valence-corrected chi connectivity index (χ4v) is 1.63. The molecule has 0 aliphatic carbocycles. The highest BCUT2D eigenvalue weighted by atomic mass is 16.2. The van der Waals surface area contributed by atoms with Crippen LogP contribution in [0.5, 0.6) is 0 Å². The molecule has 0 spiro atoms. The monoisotopic (exact) mass is 266 g/mol. The van der Waals surface area contributed by atoms with Gasteiger partial charge in [0.05, 0.1) is 5.69 Å². The topological polar surface area (TPSA) is 89.2 Å². The van der Waals surface area contributed by atoms with Crippen LogP contribution in [0.4, 0.5) is 5.69 Å². The standard InChI is InChI=1S/C13H22N4O2/c1-8(11(18)16-13(2,3)4)15-12(19)10-6-9(14)7-17(10)5/h6-8H,14H2,1-5H3,(H,15,19)(H,16,18). The summed E-state index contributed by atoms with van der Waals surface area (Å²) in [5.74, 6) is -0.543. The van der Waals surface area contributed by atoms with Crippen LogP contribution in [0.1, 0.15) is 38.2 Å². The van der Waals surface area contributed by atoms with Crippen molar-refractivity contribution in [2.75, 3.05) is 5.73 Å². The number of carbonyl (C=O) groups is 2. The van der Waals surface area contributed by atoms with Crippen molar-refractivity contribution in [3.05, 3.63) is 18.0 Å². The smallest absolute Gasteiger partial charge is 0.268 e. The van der Waals surface area contributed by atoms with Gasteiger partial charge in [0, 0.05) is 18.8 Å². The summed E-state index contributed by atoms with van der Waals surface area (Å²) < 4.78 is 1.62. The number of carbonyl (C=O) groups excluding carboxylic acids is 2. The molecule has 0 radical (unpaired) electrons. The molecule has 1 rings (SSSR count). The highest BCUT2D eigenvalue weighted by molar-refractivity contribution is 5.97. The lowest BCUT2D eigenvalue weighted by Gasteiger charge is -2.23. The predicted molar refractivity (Wildman–Crippen MR) is 74.6 cm³/mol. The van der Waals surface area contributed by atoms with E-state index >= 15 is 0 Å². The minimum absolute atomic E-state index is 0.219. The van der Waals surface area contributed by atoms with Crippen LogP contribution in [0.2, 0.25) is 0 Å². The molecule has 0 aliphatic rings. The molecule has 0 bridgehead atoms. The van der Waals surface area contributed by atoms with Crippen LogP contribution in [0.25, 0.3) is 0 Å². The molecule has 1 aromatic rings. The molecule has 1 unspecified atom stereocenters. The van der Waals surface area contributed by atoms with Crippen LogP contribution < -0.4 is 16.4 Å². The molecule has 6 nitrogen and oxygen atoms in total. The van der Waals surface area contributed by atoms with E-state index in [1.165, 1.54) is 0 Å². The molecular formula is C13H22N4O2. The van der Waals surface area contributed by atoms with E-state index < -0.39 is 6.04 Å². The second kappa shape index (κ2) is 5.34. The van der Waals surface area contributed by atoms with E-state index in [9.17, 15) is 9.59 Å². The SMILES string of the molecule is CC(NC(=O)c1cc(N)cn1C)C(=O)NC(C)(C)C. The molecule has 1 heterocycles. The summed E-state index contributed by atoms with van der Waals surface area (Å²) in [5, 5.41) is 5.46. The van der Waals surface area contributed by atoms with E-state index in [1.54, 1.807) is 30.8 Å². The van der Waals surface area contributed by atoms with Gasteiger partial charge in [0.2, 0.25) is 5.91 Å². The third-order valence-corrected chi connectivity index (χ3v) is 2.50. The van der Waals surface area contributed by atoms with Crippen molar-refractivity contribution in [1.82, 2.24) is 15.2 Å². The number of amides is 2. The number of aromatic nitrogens is 1. The Labute approximate surface area is 113 Å². The number of rotatable bonds is 3. The first kappa shape index (κ1) is 15.1. The summed E-state index contributed by atoms with van der Waals surface area (Å²) in [4.78, 5) is 23.9. The van der Waals surface area contributed by atoms with E-state index in [4.69, 9.17) is 5.73 Å². The van der Waals surface area contributed by atoms with Crippen molar-refractivity contribution >= 4 is 17.5 Å². The zero-order chi connectivity index (χ0) is 14.8. The molecule has 106 valence electrons. The van der Waals surface area contributed by atoms with E-state index in [2.05, 4.69) is 10.6 Å². The van der Waals surface area contributed by atoms with Crippen molar-refractivity contribution in [2.45, 2.75) is 39.3 Å². The van der Waals surface area contributed by atoms with Crippen LogP contribution in [0, 0.1) is 0 Å². The molecule has 0 saturated carbocycles. The molecular weight excluding hydrogens is 244 g/mol. The first-order chi connectivity index (χ1) is 8.60. The summed E-state index contributed by atoms with van der Waals surface area (Å²) in [6.07, 6.45) is 1.65. The molecule has 19 heavy (non-hydrogen) atoms. The Kier molecular flexibility index (Phi) is 4.24. The van der Waals surface area contributed by atoms with Crippen molar-refractivity contribution in [3.8, 4) is 0 Å². The fourth-order valence-electron chi connectivity index (χ4n) is 1.63. The third-order valence-electron chi connectivity index (χ3n) is 2.50. The van der Waals surface area contributed by atoms with Crippen molar-refractivity contribution in [1.29, 1.82) is 0 Å². The molecule has 4 N–H and O–H groups in total. The number of nitrogens with one attached hydrogen (secondary N) is 2. The lowest BCUT2D eigenvalue weighted by Crippen LogP contribution is -2.51. The molecule has 2 amide bonds. The molecule has 6 heteroatoms. The maximum atomic E-state index is 12.0. The van der Waals surface area contributed by atoms with Crippen LogP contribution in [-0.4, -0.2) is 28.0 Å². The first-order valence-electron chi connectivity index (χ1n) is 6.15. The Morgan fingerprint density at radius 1 is 1.37 bits per heavy atom.